The van der Waals surface area contributed by atoms with Gasteiger partial charge in [0.2, 0.25) is 5.76 Å². The molecule has 0 saturated carbocycles. The average molecular weight is 158 g/mol. The second-order valence-corrected chi connectivity index (χ2v) is 2.45. The number of nitrogens with two attached hydrogens (primary N) is 1. The van der Waals surface area contributed by atoms with Crippen molar-refractivity contribution in [2.45, 2.75) is 0 Å². The highest BCUT2D eigenvalue weighted by molar-refractivity contribution is 5.91. The van der Waals surface area contributed by atoms with Gasteiger partial charge in [-0.05, 0) is 12.1 Å². The van der Waals surface area contributed by atoms with E-state index >= 15 is 0 Å². The van der Waals surface area contributed by atoms with Crippen LogP contribution < -0.4 is 5.73 Å². The number of nitrogens with zero attached hydrogens (tertiary/aromatic N) is 1. The number of benzene rings is 1. The van der Waals surface area contributed by atoms with Crippen LogP contribution in [0.2, 0.25) is 0 Å². The van der Waals surface area contributed by atoms with Crippen molar-refractivity contribution in [3.63, 3.8) is 0 Å². The first-order valence-electron chi connectivity index (χ1n) is 3.50. The molecule has 0 bridgehead atoms. The Bertz CT molecular complexity index is 465. The molecule has 0 aliphatic rings. The Morgan fingerprint density at radius 3 is 2.75 bits per heavy atom. The molecule has 3 nitrogen and oxygen atoms in total. The lowest BCUT2D eigenvalue weighted by Gasteiger charge is -1.85. The number of nitriles is 1. The van der Waals surface area contributed by atoms with Crippen molar-refractivity contribution < 1.29 is 4.42 Å². The van der Waals surface area contributed by atoms with Gasteiger partial charge in [0, 0.05) is 5.39 Å². The lowest BCUT2D eigenvalue weighted by molar-refractivity contribution is 0.601. The molecule has 0 unspecified atom stereocenters. The number of rotatable bonds is 0. The summed E-state index contributed by atoms with van der Waals surface area (Å²) in [6.45, 7) is 0. The predicted octanol–water partition coefficient (Wildman–Crippen LogP) is 1.89. The molecule has 1 aromatic heterocycles. The zero-order chi connectivity index (χ0) is 8.55. The lowest BCUT2D eigenvalue weighted by atomic mass is 10.2. The average Bonchev–Trinajstić information content (AvgIpc) is 2.44. The number of hydrogen-bond donors (Lipinski definition) is 1. The van der Waals surface area contributed by atoms with Gasteiger partial charge in [-0.25, -0.2) is 0 Å². The molecule has 2 rings (SSSR count). The monoisotopic (exact) mass is 158 g/mol. The van der Waals surface area contributed by atoms with Gasteiger partial charge in [-0.15, -0.1) is 0 Å². The number of nitrogen functional groups attached to an aromatic ring is 1. The zero-order valence-corrected chi connectivity index (χ0v) is 6.24. The van der Waals surface area contributed by atoms with E-state index in [-0.39, 0.29) is 5.76 Å². The summed E-state index contributed by atoms with van der Waals surface area (Å²) >= 11 is 0. The van der Waals surface area contributed by atoms with Crippen molar-refractivity contribution in [1.82, 2.24) is 0 Å². The van der Waals surface area contributed by atoms with Gasteiger partial charge in [0.05, 0.1) is 5.69 Å². The maximum absolute atomic E-state index is 8.60. The molecule has 2 N–H and O–H groups in total. The largest absolute Gasteiger partial charge is 0.443 e. The third-order valence-electron chi connectivity index (χ3n) is 1.74. The molecule has 0 aliphatic carbocycles. The van der Waals surface area contributed by atoms with Crippen LogP contribution in [0.25, 0.3) is 11.0 Å². The van der Waals surface area contributed by atoms with E-state index in [1.165, 1.54) is 0 Å². The Kier molecular flexibility index (Phi) is 1.28. The fraction of sp³-hybridized carbons (Fsp3) is 0. The van der Waals surface area contributed by atoms with Crippen molar-refractivity contribution in [2.24, 2.45) is 0 Å². The first kappa shape index (κ1) is 6.74. The van der Waals surface area contributed by atoms with Gasteiger partial charge < -0.3 is 10.2 Å². The normalized spacial score (nSPS) is 9.92. The van der Waals surface area contributed by atoms with E-state index < -0.39 is 0 Å². The third-order valence-corrected chi connectivity index (χ3v) is 1.74. The molecule has 3 heteroatoms. The van der Waals surface area contributed by atoms with Gasteiger partial charge in [0.15, 0.2) is 0 Å². The Hall–Kier alpha value is -1.95. The zero-order valence-electron chi connectivity index (χ0n) is 6.24. The van der Waals surface area contributed by atoms with Gasteiger partial charge in [0.1, 0.15) is 11.7 Å². The number of hydrogen-bond acceptors (Lipinski definition) is 3. The summed E-state index contributed by atoms with van der Waals surface area (Å²) < 4.78 is 5.16. The van der Waals surface area contributed by atoms with E-state index in [4.69, 9.17) is 15.4 Å². The second-order valence-electron chi connectivity index (χ2n) is 2.45. The van der Waals surface area contributed by atoms with Crippen LogP contribution in [-0.2, 0) is 0 Å². The molecule has 0 saturated heterocycles. The SMILES string of the molecule is N#Cc1oc2ccccc2c1N. The molecule has 0 fully saturated rings. The van der Waals surface area contributed by atoms with E-state index in [9.17, 15) is 0 Å². The summed E-state index contributed by atoms with van der Waals surface area (Å²) in [6, 6.07) is 9.20. The summed E-state index contributed by atoms with van der Waals surface area (Å²) in [6.07, 6.45) is 0. The van der Waals surface area contributed by atoms with Gasteiger partial charge in [-0.1, -0.05) is 12.1 Å². The molecule has 0 amide bonds. The highest BCUT2D eigenvalue weighted by Crippen LogP contribution is 2.26. The Balaban J connectivity index is 2.90. The van der Waals surface area contributed by atoms with E-state index in [1.807, 2.05) is 24.3 Å². The standard InChI is InChI=1S/C9H6N2O/c10-5-8-9(11)6-3-1-2-4-7(6)12-8/h1-4H,11H2. The lowest BCUT2D eigenvalue weighted by Crippen LogP contribution is -1.83. The van der Waals surface area contributed by atoms with E-state index in [2.05, 4.69) is 0 Å². The van der Waals surface area contributed by atoms with E-state index in [0.29, 0.717) is 11.3 Å². The summed E-state index contributed by atoms with van der Waals surface area (Å²) in [5, 5.41) is 9.40. The molecule has 0 atom stereocenters. The van der Waals surface area contributed by atoms with Gasteiger partial charge >= 0.3 is 0 Å². The quantitative estimate of drug-likeness (QED) is 0.636. The second kappa shape index (κ2) is 2.28. The van der Waals surface area contributed by atoms with Crippen LogP contribution in [0, 0.1) is 11.3 Å². The fourth-order valence-corrected chi connectivity index (χ4v) is 1.15. The molecule has 2 aromatic rings. The number of furan rings is 1. The number of anilines is 1. The van der Waals surface area contributed by atoms with E-state index in [0.717, 1.165) is 5.39 Å². The minimum atomic E-state index is 0.191. The molecule has 1 aromatic carbocycles. The van der Waals surface area contributed by atoms with Crippen molar-refractivity contribution in [2.75, 3.05) is 5.73 Å². The molecule has 0 spiro atoms. The minimum absolute atomic E-state index is 0.191. The van der Waals surface area contributed by atoms with Crippen LogP contribution in [0.4, 0.5) is 5.69 Å². The predicted molar refractivity (Wildman–Crippen MR) is 45.3 cm³/mol. The topological polar surface area (TPSA) is 63.0 Å². The first-order chi connectivity index (χ1) is 5.83. The Morgan fingerprint density at radius 2 is 2.08 bits per heavy atom. The third kappa shape index (κ3) is 0.753. The number of para-hydroxylation sites is 1. The fourth-order valence-electron chi connectivity index (χ4n) is 1.15. The molecule has 0 radical (unpaired) electrons. The van der Waals surface area contributed by atoms with E-state index in [1.54, 1.807) is 6.07 Å². The summed E-state index contributed by atoms with van der Waals surface area (Å²) in [4.78, 5) is 0. The van der Waals surface area contributed by atoms with Crippen LogP contribution in [-0.4, -0.2) is 0 Å². The highest BCUT2D eigenvalue weighted by atomic mass is 16.3. The number of fused-ring (bicyclic) bond motifs is 1. The van der Waals surface area contributed by atoms with Crippen molar-refractivity contribution in [3.8, 4) is 6.07 Å². The van der Waals surface area contributed by atoms with Crippen LogP contribution in [0.3, 0.4) is 0 Å². The molecule has 58 valence electrons. The highest BCUT2D eigenvalue weighted by Gasteiger charge is 2.08. The van der Waals surface area contributed by atoms with Crippen molar-refractivity contribution in [3.05, 3.63) is 30.0 Å². The van der Waals surface area contributed by atoms with Crippen LogP contribution in [0.5, 0.6) is 0 Å². The smallest absolute Gasteiger partial charge is 0.227 e. The van der Waals surface area contributed by atoms with Gasteiger partial charge in [0.25, 0.3) is 0 Å². The van der Waals surface area contributed by atoms with Crippen molar-refractivity contribution >= 4 is 16.7 Å². The maximum Gasteiger partial charge on any atom is 0.227 e. The van der Waals surface area contributed by atoms with Crippen molar-refractivity contribution in [1.29, 1.82) is 5.26 Å². The molecular formula is C9H6N2O. The molecular weight excluding hydrogens is 152 g/mol. The van der Waals surface area contributed by atoms with Gasteiger partial charge in [-0.3, -0.25) is 0 Å². The summed E-state index contributed by atoms with van der Waals surface area (Å²) in [5.74, 6) is 0.191. The van der Waals surface area contributed by atoms with Gasteiger partial charge in [-0.2, -0.15) is 5.26 Å². The Morgan fingerprint density at radius 1 is 1.33 bits per heavy atom. The van der Waals surface area contributed by atoms with Crippen LogP contribution in [0.1, 0.15) is 5.76 Å². The first-order valence-corrected chi connectivity index (χ1v) is 3.50. The molecule has 0 aliphatic heterocycles. The summed E-state index contributed by atoms with van der Waals surface area (Å²) in [7, 11) is 0. The minimum Gasteiger partial charge on any atom is -0.443 e. The maximum atomic E-state index is 8.60. The molecule has 12 heavy (non-hydrogen) atoms. The Labute approximate surface area is 69.0 Å². The van der Waals surface area contributed by atoms with Crippen LogP contribution in [0.15, 0.2) is 28.7 Å². The van der Waals surface area contributed by atoms with Crippen LogP contribution >= 0.6 is 0 Å². The molecule has 1 heterocycles. The summed E-state index contributed by atoms with van der Waals surface area (Å²) in [5.41, 5.74) is 6.72.